The molecule has 0 amide bonds. The van der Waals surface area contributed by atoms with Gasteiger partial charge in [0.1, 0.15) is 5.82 Å². The zero-order chi connectivity index (χ0) is 15.1. The van der Waals surface area contributed by atoms with Gasteiger partial charge in [0.2, 0.25) is 0 Å². The molecule has 0 saturated carbocycles. The molecule has 5 heteroatoms. The van der Waals surface area contributed by atoms with Crippen molar-refractivity contribution in [2.24, 2.45) is 0 Å². The third kappa shape index (κ3) is 4.92. The molecule has 3 nitrogen and oxygen atoms in total. The maximum absolute atomic E-state index is 13.3. The third-order valence-corrected chi connectivity index (χ3v) is 3.67. The number of nitrogens with zero attached hydrogens (tertiary/aromatic N) is 3. The first kappa shape index (κ1) is 15.6. The third-order valence-electron chi connectivity index (χ3n) is 3.06. The van der Waals surface area contributed by atoms with Crippen molar-refractivity contribution < 1.29 is 4.39 Å². The van der Waals surface area contributed by atoms with Gasteiger partial charge in [-0.05, 0) is 45.3 Å². The van der Waals surface area contributed by atoms with Crippen LogP contribution in [-0.4, -0.2) is 16.4 Å². The van der Waals surface area contributed by atoms with Crippen molar-refractivity contribution in [2.75, 3.05) is 6.54 Å². The fourth-order valence-electron chi connectivity index (χ4n) is 2.07. The quantitative estimate of drug-likeness (QED) is 0.795. The van der Waals surface area contributed by atoms with Crippen LogP contribution in [0, 0.1) is 17.1 Å². The molecule has 0 unspecified atom stereocenters. The topological polar surface area (TPSA) is 39.9 Å². The van der Waals surface area contributed by atoms with E-state index in [1.54, 1.807) is 18.3 Å². The molecule has 2 aromatic rings. The average Bonchev–Trinajstić information content (AvgIpc) is 2.49. The van der Waals surface area contributed by atoms with Crippen LogP contribution >= 0.6 is 15.9 Å². The van der Waals surface area contributed by atoms with Crippen LogP contribution in [0.4, 0.5) is 4.39 Å². The highest BCUT2D eigenvalue weighted by Gasteiger charge is 2.09. The van der Waals surface area contributed by atoms with Gasteiger partial charge in [-0.2, -0.15) is 5.26 Å². The van der Waals surface area contributed by atoms with Crippen LogP contribution in [0.1, 0.15) is 17.5 Å². The van der Waals surface area contributed by atoms with Crippen molar-refractivity contribution >= 4 is 15.9 Å². The minimum atomic E-state index is -0.269. The van der Waals surface area contributed by atoms with Crippen molar-refractivity contribution in [3.8, 4) is 6.07 Å². The van der Waals surface area contributed by atoms with Crippen LogP contribution in [0.3, 0.4) is 0 Å². The fraction of sp³-hybridized carbons (Fsp3) is 0.250. The van der Waals surface area contributed by atoms with Gasteiger partial charge in [-0.1, -0.05) is 12.1 Å². The zero-order valence-electron chi connectivity index (χ0n) is 11.5. The van der Waals surface area contributed by atoms with E-state index in [9.17, 15) is 4.39 Å². The van der Waals surface area contributed by atoms with Crippen molar-refractivity contribution in [1.82, 2.24) is 9.88 Å². The molecule has 0 aliphatic rings. The van der Waals surface area contributed by atoms with Gasteiger partial charge in [-0.3, -0.25) is 9.88 Å². The number of pyridine rings is 1. The molecule has 0 bridgehead atoms. The first-order valence-corrected chi connectivity index (χ1v) is 7.40. The van der Waals surface area contributed by atoms with E-state index in [0.717, 1.165) is 11.1 Å². The zero-order valence-corrected chi connectivity index (χ0v) is 13.1. The van der Waals surface area contributed by atoms with Crippen LogP contribution < -0.4 is 0 Å². The predicted octanol–water partition coefficient (Wildman–Crippen LogP) is 3.90. The van der Waals surface area contributed by atoms with Gasteiger partial charge < -0.3 is 0 Å². The molecule has 0 radical (unpaired) electrons. The lowest BCUT2D eigenvalue weighted by Crippen LogP contribution is -2.24. The minimum Gasteiger partial charge on any atom is -0.294 e. The summed E-state index contributed by atoms with van der Waals surface area (Å²) >= 11 is 3.20. The lowest BCUT2D eigenvalue weighted by Gasteiger charge is -2.21. The predicted molar refractivity (Wildman–Crippen MR) is 82.7 cm³/mol. The molecular weight excluding hydrogens is 333 g/mol. The van der Waals surface area contributed by atoms with Crippen LogP contribution in [0.15, 0.2) is 47.2 Å². The van der Waals surface area contributed by atoms with Crippen LogP contribution in [0.25, 0.3) is 0 Å². The van der Waals surface area contributed by atoms with E-state index < -0.39 is 0 Å². The summed E-state index contributed by atoms with van der Waals surface area (Å²) in [7, 11) is 0. The van der Waals surface area contributed by atoms with Gasteiger partial charge in [0.15, 0.2) is 0 Å². The summed E-state index contributed by atoms with van der Waals surface area (Å²) in [4.78, 5) is 6.25. The molecule has 108 valence electrons. The monoisotopic (exact) mass is 347 g/mol. The molecule has 0 aliphatic carbocycles. The lowest BCUT2D eigenvalue weighted by atomic mass is 10.2. The van der Waals surface area contributed by atoms with Gasteiger partial charge in [-0.15, -0.1) is 0 Å². The minimum absolute atomic E-state index is 0.269. The summed E-state index contributed by atoms with van der Waals surface area (Å²) in [6.45, 7) is 2.04. The Morgan fingerprint density at radius 3 is 2.71 bits per heavy atom. The van der Waals surface area contributed by atoms with Crippen molar-refractivity contribution in [1.29, 1.82) is 5.26 Å². The Morgan fingerprint density at radius 1 is 1.24 bits per heavy atom. The summed E-state index contributed by atoms with van der Waals surface area (Å²) in [5.41, 5.74) is 2.10. The maximum atomic E-state index is 13.3. The second kappa shape index (κ2) is 7.87. The first-order valence-electron chi connectivity index (χ1n) is 6.61. The Balaban J connectivity index is 2.08. The standard InChI is InChI=1S/C16H15BrFN3/c17-15-9-13(4-5-16(15)18)11-21(8-2-6-19)12-14-3-1-7-20-10-14/h1,3-5,7,9-10H,2,8,11-12H2. The maximum Gasteiger partial charge on any atom is 0.137 e. The molecule has 0 atom stereocenters. The highest BCUT2D eigenvalue weighted by atomic mass is 79.9. The normalized spacial score (nSPS) is 10.6. The van der Waals surface area contributed by atoms with E-state index in [2.05, 4.69) is 31.9 Å². The first-order chi connectivity index (χ1) is 10.2. The summed E-state index contributed by atoms with van der Waals surface area (Å²) in [5.74, 6) is -0.269. The average molecular weight is 348 g/mol. The molecule has 1 aromatic carbocycles. The molecule has 0 saturated heterocycles. The Labute approximate surface area is 132 Å². The van der Waals surface area contributed by atoms with E-state index in [1.165, 1.54) is 6.07 Å². The van der Waals surface area contributed by atoms with Gasteiger partial charge in [-0.25, -0.2) is 4.39 Å². The van der Waals surface area contributed by atoms with Gasteiger partial charge in [0, 0.05) is 38.4 Å². The number of hydrogen-bond donors (Lipinski definition) is 0. The molecule has 0 aliphatic heterocycles. The van der Waals surface area contributed by atoms with Crippen molar-refractivity contribution in [2.45, 2.75) is 19.5 Å². The highest BCUT2D eigenvalue weighted by molar-refractivity contribution is 9.10. The Kier molecular flexibility index (Phi) is 5.85. The number of hydrogen-bond acceptors (Lipinski definition) is 3. The van der Waals surface area contributed by atoms with E-state index in [0.29, 0.717) is 30.5 Å². The SMILES string of the molecule is N#CCCN(Cc1cccnc1)Cc1ccc(F)c(Br)c1. The number of nitriles is 1. The molecule has 0 spiro atoms. The number of benzene rings is 1. The van der Waals surface area contributed by atoms with Crippen molar-refractivity contribution in [3.63, 3.8) is 0 Å². The largest absolute Gasteiger partial charge is 0.294 e. The smallest absolute Gasteiger partial charge is 0.137 e. The summed E-state index contributed by atoms with van der Waals surface area (Å²) in [6.07, 6.45) is 4.02. The van der Waals surface area contributed by atoms with Crippen molar-refractivity contribution in [3.05, 3.63) is 64.1 Å². The molecule has 0 N–H and O–H groups in total. The van der Waals surface area contributed by atoms with E-state index in [4.69, 9.17) is 5.26 Å². The Bertz CT molecular complexity index is 625. The Morgan fingerprint density at radius 2 is 2.05 bits per heavy atom. The lowest BCUT2D eigenvalue weighted by molar-refractivity contribution is 0.262. The summed E-state index contributed by atoms with van der Waals surface area (Å²) in [5, 5.41) is 8.78. The molecule has 1 heterocycles. The van der Waals surface area contributed by atoms with Crippen LogP contribution in [-0.2, 0) is 13.1 Å². The summed E-state index contributed by atoms with van der Waals surface area (Å²) in [6, 6.07) is 11.1. The van der Waals surface area contributed by atoms with Gasteiger partial charge in [0.25, 0.3) is 0 Å². The Hall–Kier alpha value is -1.77. The van der Waals surface area contributed by atoms with E-state index >= 15 is 0 Å². The van der Waals surface area contributed by atoms with Gasteiger partial charge in [0.05, 0.1) is 10.5 Å². The van der Waals surface area contributed by atoms with Crippen LogP contribution in [0.2, 0.25) is 0 Å². The molecule has 21 heavy (non-hydrogen) atoms. The molecular formula is C16H15BrFN3. The molecule has 1 aromatic heterocycles. The van der Waals surface area contributed by atoms with Gasteiger partial charge >= 0.3 is 0 Å². The highest BCUT2D eigenvalue weighted by Crippen LogP contribution is 2.18. The van der Waals surface area contributed by atoms with Crippen LogP contribution in [0.5, 0.6) is 0 Å². The molecule has 0 fully saturated rings. The number of halogens is 2. The van der Waals surface area contributed by atoms with E-state index in [1.807, 2.05) is 18.3 Å². The second-order valence-electron chi connectivity index (χ2n) is 4.73. The fourth-order valence-corrected chi connectivity index (χ4v) is 2.49. The molecule has 2 rings (SSSR count). The number of aromatic nitrogens is 1. The van der Waals surface area contributed by atoms with E-state index in [-0.39, 0.29) is 5.82 Å². The number of rotatable bonds is 6. The summed E-state index contributed by atoms with van der Waals surface area (Å²) < 4.78 is 13.7. The second-order valence-corrected chi connectivity index (χ2v) is 5.58.